The fraction of sp³-hybridized carbons (Fsp3) is 0.133. The molecule has 0 fully saturated rings. The van der Waals surface area contributed by atoms with Crippen LogP contribution >= 0.6 is 34.4 Å². The molecule has 2 aromatic rings. The third-order valence-corrected chi connectivity index (χ3v) is 4.25. The lowest BCUT2D eigenvalue weighted by Gasteiger charge is -2.06. The second-order valence-corrected chi connectivity index (χ2v) is 6.32. The molecule has 2 aromatic carbocycles. The molecule has 1 N–H and O–H groups in total. The van der Waals surface area contributed by atoms with Gasteiger partial charge in [0.25, 0.3) is 0 Å². The zero-order valence-corrected chi connectivity index (χ0v) is 13.9. The Hall–Kier alpha value is -1.21. The molecule has 3 nitrogen and oxygen atoms in total. The lowest BCUT2D eigenvalue weighted by molar-refractivity contribution is -0.113. The minimum absolute atomic E-state index is 0.0148. The summed E-state index contributed by atoms with van der Waals surface area (Å²) in [5.41, 5.74) is 0.821. The molecule has 0 aliphatic rings. The number of anilines is 1. The van der Waals surface area contributed by atoms with Crippen molar-refractivity contribution < 1.29 is 9.53 Å². The number of nitrogens with one attached hydrogen (secondary N) is 1. The molecule has 0 bridgehead atoms. The molecule has 0 saturated carbocycles. The van der Waals surface area contributed by atoms with Gasteiger partial charge in [-0.25, -0.2) is 0 Å². The first-order chi connectivity index (χ1) is 9.67. The van der Waals surface area contributed by atoms with Crippen molar-refractivity contribution in [1.82, 2.24) is 0 Å². The van der Waals surface area contributed by atoms with Crippen molar-refractivity contribution in [2.24, 2.45) is 0 Å². The van der Waals surface area contributed by atoms with E-state index in [9.17, 15) is 4.79 Å². The van der Waals surface area contributed by atoms with Gasteiger partial charge in [0.05, 0.1) is 12.9 Å². The maximum atomic E-state index is 11.9. The van der Waals surface area contributed by atoms with Gasteiger partial charge in [-0.3, -0.25) is 4.79 Å². The van der Waals surface area contributed by atoms with Crippen molar-refractivity contribution in [2.45, 2.75) is 4.90 Å². The van der Waals surface area contributed by atoms with Gasteiger partial charge in [0.1, 0.15) is 5.75 Å². The summed E-state index contributed by atoms with van der Waals surface area (Å²) in [5.74, 6) is 1.16. The van der Waals surface area contributed by atoms with E-state index in [1.165, 1.54) is 11.8 Å². The summed E-state index contributed by atoms with van der Waals surface area (Å²) in [6.45, 7) is 0. The van der Waals surface area contributed by atoms with Gasteiger partial charge in [0.15, 0.2) is 0 Å². The average Bonchev–Trinajstić information content (AvgIpc) is 2.48. The molecule has 0 radical (unpaired) electrons. The molecular formula is C15H14INO2S. The van der Waals surface area contributed by atoms with E-state index in [-0.39, 0.29) is 5.91 Å². The van der Waals surface area contributed by atoms with Crippen molar-refractivity contribution >= 4 is 45.9 Å². The smallest absolute Gasteiger partial charge is 0.234 e. The Balaban J connectivity index is 1.87. The van der Waals surface area contributed by atoms with Gasteiger partial charge in [0, 0.05) is 14.2 Å². The Labute approximate surface area is 136 Å². The van der Waals surface area contributed by atoms with Gasteiger partial charge in [-0.1, -0.05) is 6.07 Å². The average molecular weight is 399 g/mol. The largest absolute Gasteiger partial charge is 0.497 e. The molecule has 20 heavy (non-hydrogen) atoms. The van der Waals surface area contributed by atoms with Crippen molar-refractivity contribution in [3.05, 3.63) is 52.1 Å². The maximum absolute atomic E-state index is 11.9. The first kappa shape index (κ1) is 15.2. The normalized spacial score (nSPS) is 10.1. The minimum Gasteiger partial charge on any atom is -0.497 e. The van der Waals surface area contributed by atoms with Crippen molar-refractivity contribution in [3.8, 4) is 5.75 Å². The summed E-state index contributed by atoms with van der Waals surface area (Å²) in [6, 6.07) is 15.4. The van der Waals surface area contributed by atoms with Crippen LogP contribution < -0.4 is 10.1 Å². The molecule has 0 aliphatic heterocycles. The van der Waals surface area contributed by atoms with Crippen molar-refractivity contribution in [3.63, 3.8) is 0 Å². The summed E-state index contributed by atoms with van der Waals surface area (Å²) in [4.78, 5) is 12.9. The quantitative estimate of drug-likeness (QED) is 0.610. The predicted octanol–water partition coefficient (Wildman–Crippen LogP) is 4.03. The molecule has 104 valence electrons. The van der Waals surface area contributed by atoms with Gasteiger partial charge in [0.2, 0.25) is 5.91 Å². The van der Waals surface area contributed by atoms with Crippen LogP contribution in [0.1, 0.15) is 0 Å². The topological polar surface area (TPSA) is 38.3 Å². The van der Waals surface area contributed by atoms with Crippen LogP contribution in [-0.2, 0) is 4.79 Å². The van der Waals surface area contributed by atoms with E-state index in [1.807, 2.05) is 48.5 Å². The Morgan fingerprint density at radius 2 is 2.00 bits per heavy atom. The van der Waals surface area contributed by atoms with E-state index in [0.29, 0.717) is 5.75 Å². The first-order valence-corrected chi connectivity index (χ1v) is 8.06. The summed E-state index contributed by atoms with van der Waals surface area (Å²) in [5, 5.41) is 2.87. The standard InChI is InChI=1S/C15H14INO2S/c1-19-13-3-2-4-14(9-13)20-10-15(18)17-12-7-5-11(16)6-8-12/h2-9H,10H2,1H3,(H,17,18). The number of benzene rings is 2. The van der Waals surface area contributed by atoms with Crippen molar-refractivity contribution in [1.29, 1.82) is 0 Å². The summed E-state index contributed by atoms with van der Waals surface area (Å²) in [6.07, 6.45) is 0. The molecule has 0 unspecified atom stereocenters. The second kappa shape index (κ2) is 7.54. The van der Waals surface area contributed by atoms with Crippen molar-refractivity contribution in [2.75, 3.05) is 18.2 Å². The van der Waals surface area contributed by atoms with Gasteiger partial charge < -0.3 is 10.1 Å². The molecular weight excluding hydrogens is 385 g/mol. The van der Waals surface area contributed by atoms with Gasteiger partial charge >= 0.3 is 0 Å². The Kier molecular flexibility index (Phi) is 5.72. The molecule has 0 atom stereocenters. The van der Waals surface area contributed by atoms with E-state index >= 15 is 0 Å². The highest BCUT2D eigenvalue weighted by atomic mass is 127. The van der Waals surface area contributed by atoms with Crippen LogP contribution in [0, 0.1) is 3.57 Å². The minimum atomic E-state index is -0.0148. The molecule has 2 rings (SSSR count). The number of hydrogen-bond donors (Lipinski definition) is 1. The lowest BCUT2D eigenvalue weighted by Crippen LogP contribution is -2.13. The molecule has 0 saturated heterocycles. The molecule has 0 spiro atoms. The zero-order chi connectivity index (χ0) is 14.4. The monoisotopic (exact) mass is 399 g/mol. The number of rotatable bonds is 5. The summed E-state index contributed by atoms with van der Waals surface area (Å²) >= 11 is 3.72. The number of ether oxygens (including phenoxy) is 1. The third-order valence-electron chi connectivity index (χ3n) is 2.54. The number of halogens is 1. The van der Waals surface area contributed by atoms with Gasteiger partial charge in [-0.2, -0.15) is 0 Å². The van der Waals surface area contributed by atoms with E-state index in [4.69, 9.17) is 4.74 Å². The lowest BCUT2D eigenvalue weighted by atomic mass is 10.3. The number of amides is 1. The second-order valence-electron chi connectivity index (χ2n) is 4.02. The summed E-state index contributed by atoms with van der Waals surface area (Å²) < 4.78 is 6.30. The molecule has 5 heteroatoms. The molecule has 0 heterocycles. The van der Waals surface area contributed by atoms with Crippen LogP contribution in [0.3, 0.4) is 0 Å². The van der Waals surface area contributed by atoms with Crippen LogP contribution in [0.2, 0.25) is 0 Å². The van der Waals surface area contributed by atoms with Crippen LogP contribution in [0.5, 0.6) is 5.75 Å². The fourth-order valence-corrected chi connectivity index (χ4v) is 2.67. The highest BCUT2D eigenvalue weighted by Crippen LogP contribution is 2.23. The van der Waals surface area contributed by atoms with Crippen LogP contribution in [0.15, 0.2) is 53.4 Å². The first-order valence-electron chi connectivity index (χ1n) is 5.99. The zero-order valence-electron chi connectivity index (χ0n) is 10.9. The Morgan fingerprint density at radius 3 is 2.70 bits per heavy atom. The van der Waals surface area contributed by atoms with Crippen LogP contribution in [0.4, 0.5) is 5.69 Å². The van der Waals surface area contributed by atoms with Crippen LogP contribution in [0.25, 0.3) is 0 Å². The van der Waals surface area contributed by atoms with E-state index in [0.717, 1.165) is 19.9 Å². The number of carbonyl (C=O) groups excluding carboxylic acids is 1. The highest BCUT2D eigenvalue weighted by molar-refractivity contribution is 14.1. The maximum Gasteiger partial charge on any atom is 0.234 e. The highest BCUT2D eigenvalue weighted by Gasteiger charge is 2.04. The number of hydrogen-bond acceptors (Lipinski definition) is 3. The molecule has 0 aliphatic carbocycles. The summed E-state index contributed by atoms with van der Waals surface area (Å²) in [7, 11) is 1.63. The Morgan fingerprint density at radius 1 is 1.25 bits per heavy atom. The fourth-order valence-electron chi connectivity index (χ4n) is 1.57. The Bertz CT molecular complexity index is 587. The number of thioether (sulfide) groups is 1. The third kappa shape index (κ3) is 4.72. The number of methoxy groups -OCH3 is 1. The molecule has 0 aromatic heterocycles. The number of carbonyl (C=O) groups is 1. The van der Waals surface area contributed by atoms with E-state index in [2.05, 4.69) is 27.9 Å². The van der Waals surface area contributed by atoms with E-state index < -0.39 is 0 Å². The van der Waals surface area contributed by atoms with E-state index in [1.54, 1.807) is 7.11 Å². The SMILES string of the molecule is COc1cccc(SCC(=O)Nc2ccc(I)cc2)c1. The molecule has 1 amide bonds. The van der Waals surface area contributed by atoms with Gasteiger partial charge in [-0.05, 0) is 65.1 Å². The van der Waals surface area contributed by atoms with Gasteiger partial charge in [-0.15, -0.1) is 11.8 Å². The predicted molar refractivity (Wildman–Crippen MR) is 91.5 cm³/mol. The van der Waals surface area contributed by atoms with Crippen LogP contribution in [-0.4, -0.2) is 18.8 Å².